The average molecular weight is 277 g/mol. The van der Waals surface area contributed by atoms with E-state index in [1.165, 1.54) is 0 Å². The van der Waals surface area contributed by atoms with Crippen molar-refractivity contribution < 1.29 is 0 Å². The highest BCUT2D eigenvalue weighted by Gasteiger charge is 2.12. The lowest BCUT2D eigenvalue weighted by Crippen LogP contribution is -2.31. The van der Waals surface area contributed by atoms with Crippen molar-refractivity contribution in [2.45, 2.75) is 27.2 Å². The van der Waals surface area contributed by atoms with Crippen LogP contribution in [-0.2, 0) is 0 Å². The monoisotopic (exact) mass is 277 g/mol. The van der Waals surface area contributed by atoms with E-state index in [-0.39, 0.29) is 5.84 Å². The van der Waals surface area contributed by atoms with E-state index in [0.717, 1.165) is 50.5 Å². The van der Waals surface area contributed by atoms with Crippen molar-refractivity contribution in [1.82, 2.24) is 9.88 Å². The van der Waals surface area contributed by atoms with Crippen LogP contribution in [0.5, 0.6) is 0 Å². The molecule has 1 rings (SSSR count). The normalized spacial score (nSPS) is 10.8. The number of nitrogens with one attached hydrogen (secondary N) is 1. The Kier molecular flexibility index (Phi) is 7.01. The smallest absolute Gasteiger partial charge is 0.139 e. The molecule has 0 atom stereocenters. The molecular formula is C15H27N5. The van der Waals surface area contributed by atoms with Crippen LogP contribution in [0.3, 0.4) is 0 Å². The number of pyridine rings is 1. The molecule has 0 saturated carbocycles. The number of aromatic nitrogens is 1. The summed E-state index contributed by atoms with van der Waals surface area (Å²) >= 11 is 0. The highest BCUT2D eigenvalue weighted by molar-refractivity contribution is 5.99. The van der Waals surface area contributed by atoms with Crippen molar-refractivity contribution in [2.75, 3.05) is 37.6 Å². The number of hydrogen-bond donors (Lipinski definition) is 2. The molecule has 3 N–H and O–H groups in total. The van der Waals surface area contributed by atoms with E-state index in [2.05, 4.69) is 35.6 Å². The lowest BCUT2D eigenvalue weighted by Gasteiger charge is -2.25. The summed E-state index contributed by atoms with van der Waals surface area (Å²) < 4.78 is 0. The molecule has 112 valence electrons. The van der Waals surface area contributed by atoms with Crippen molar-refractivity contribution in [2.24, 2.45) is 5.73 Å². The van der Waals surface area contributed by atoms with E-state index in [4.69, 9.17) is 11.1 Å². The first-order valence-corrected chi connectivity index (χ1v) is 7.40. The fourth-order valence-electron chi connectivity index (χ4n) is 2.30. The quantitative estimate of drug-likeness (QED) is 0.534. The number of rotatable bonds is 9. The number of anilines is 1. The molecular weight excluding hydrogens is 250 g/mol. The second kappa shape index (κ2) is 8.53. The standard InChI is InChI=1S/C15H27N5/c1-4-19(5-2)11-8-12-20(6-3)15-13(14(16)17)9-7-10-18-15/h7,9-10H,4-6,8,11-12H2,1-3H3,(H3,16,17). The van der Waals surface area contributed by atoms with Crippen molar-refractivity contribution in [1.29, 1.82) is 5.41 Å². The van der Waals surface area contributed by atoms with Gasteiger partial charge in [0, 0.05) is 19.3 Å². The van der Waals surface area contributed by atoms with E-state index in [1.807, 2.05) is 12.1 Å². The Labute approximate surface area is 122 Å². The molecule has 0 saturated heterocycles. The van der Waals surface area contributed by atoms with Gasteiger partial charge >= 0.3 is 0 Å². The van der Waals surface area contributed by atoms with Gasteiger partial charge in [-0.05, 0) is 45.1 Å². The molecule has 0 aromatic carbocycles. The Hall–Kier alpha value is -1.62. The molecule has 0 amide bonds. The minimum Gasteiger partial charge on any atom is -0.384 e. The van der Waals surface area contributed by atoms with Crippen LogP contribution in [0.4, 0.5) is 5.82 Å². The Balaban J connectivity index is 2.69. The molecule has 0 radical (unpaired) electrons. The topological polar surface area (TPSA) is 69.2 Å². The van der Waals surface area contributed by atoms with Crippen LogP contribution in [-0.4, -0.2) is 48.4 Å². The van der Waals surface area contributed by atoms with E-state index in [9.17, 15) is 0 Å². The molecule has 0 aliphatic heterocycles. The van der Waals surface area contributed by atoms with Crippen molar-refractivity contribution >= 4 is 11.7 Å². The van der Waals surface area contributed by atoms with E-state index < -0.39 is 0 Å². The fraction of sp³-hybridized carbons (Fsp3) is 0.600. The zero-order chi connectivity index (χ0) is 15.0. The van der Waals surface area contributed by atoms with E-state index in [1.54, 1.807) is 6.20 Å². The molecule has 0 aliphatic rings. The van der Waals surface area contributed by atoms with Crippen LogP contribution in [0, 0.1) is 5.41 Å². The summed E-state index contributed by atoms with van der Waals surface area (Å²) in [7, 11) is 0. The summed E-state index contributed by atoms with van der Waals surface area (Å²) in [5.74, 6) is 0.900. The number of nitrogens with two attached hydrogens (primary N) is 1. The molecule has 1 aromatic rings. The summed E-state index contributed by atoms with van der Waals surface area (Å²) in [5, 5.41) is 7.65. The van der Waals surface area contributed by atoms with Crippen molar-refractivity contribution in [3.05, 3.63) is 23.9 Å². The fourth-order valence-corrected chi connectivity index (χ4v) is 2.30. The molecule has 1 aromatic heterocycles. The molecule has 20 heavy (non-hydrogen) atoms. The van der Waals surface area contributed by atoms with Gasteiger partial charge < -0.3 is 15.5 Å². The SMILES string of the molecule is CCN(CC)CCCN(CC)c1ncccc1C(=N)N. The predicted octanol–water partition coefficient (Wildman–Crippen LogP) is 1.92. The molecule has 0 bridgehead atoms. The first-order chi connectivity index (χ1) is 9.63. The number of amidine groups is 1. The zero-order valence-electron chi connectivity index (χ0n) is 12.9. The van der Waals surface area contributed by atoms with E-state index >= 15 is 0 Å². The van der Waals surface area contributed by atoms with Gasteiger partial charge in [-0.1, -0.05) is 13.8 Å². The Morgan fingerprint density at radius 2 is 1.90 bits per heavy atom. The maximum Gasteiger partial charge on any atom is 0.139 e. The molecule has 0 unspecified atom stereocenters. The van der Waals surface area contributed by atoms with Crippen LogP contribution >= 0.6 is 0 Å². The molecule has 1 heterocycles. The Morgan fingerprint density at radius 1 is 1.20 bits per heavy atom. The van der Waals surface area contributed by atoms with Crippen LogP contribution in [0.2, 0.25) is 0 Å². The molecule has 0 spiro atoms. The third-order valence-electron chi connectivity index (χ3n) is 3.55. The highest BCUT2D eigenvalue weighted by atomic mass is 15.2. The summed E-state index contributed by atoms with van der Waals surface area (Å²) in [6.45, 7) is 11.6. The summed E-state index contributed by atoms with van der Waals surface area (Å²) in [6.07, 6.45) is 2.85. The molecule has 5 nitrogen and oxygen atoms in total. The second-order valence-electron chi connectivity index (χ2n) is 4.75. The van der Waals surface area contributed by atoms with Gasteiger partial charge in [-0.15, -0.1) is 0 Å². The second-order valence-corrected chi connectivity index (χ2v) is 4.75. The first-order valence-electron chi connectivity index (χ1n) is 7.40. The Morgan fingerprint density at radius 3 is 2.45 bits per heavy atom. The summed E-state index contributed by atoms with van der Waals surface area (Å²) in [4.78, 5) is 9.01. The molecule has 0 fully saturated rings. The average Bonchev–Trinajstić information content (AvgIpc) is 2.47. The predicted molar refractivity (Wildman–Crippen MR) is 85.5 cm³/mol. The van der Waals surface area contributed by atoms with Gasteiger partial charge in [-0.2, -0.15) is 0 Å². The highest BCUT2D eigenvalue weighted by Crippen LogP contribution is 2.16. The van der Waals surface area contributed by atoms with Gasteiger partial charge in [0.2, 0.25) is 0 Å². The number of nitrogen functional groups attached to an aromatic ring is 1. The number of nitrogens with zero attached hydrogens (tertiary/aromatic N) is 3. The zero-order valence-corrected chi connectivity index (χ0v) is 12.9. The van der Waals surface area contributed by atoms with Gasteiger partial charge in [0.15, 0.2) is 0 Å². The molecule has 5 heteroatoms. The summed E-state index contributed by atoms with van der Waals surface area (Å²) in [5.41, 5.74) is 6.36. The van der Waals surface area contributed by atoms with Crippen molar-refractivity contribution in [3.63, 3.8) is 0 Å². The summed E-state index contributed by atoms with van der Waals surface area (Å²) in [6, 6.07) is 3.68. The van der Waals surface area contributed by atoms with Crippen LogP contribution < -0.4 is 10.6 Å². The minimum absolute atomic E-state index is 0.0790. The van der Waals surface area contributed by atoms with Crippen molar-refractivity contribution in [3.8, 4) is 0 Å². The first kappa shape index (κ1) is 16.4. The maximum absolute atomic E-state index is 7.65. The van der Waals surface area contributed by atoms with Gasteiger partial charge in [0.25, 0.3) is 0 Å². The molecule has 0 aliphatic carbocycles. The van der Waals surface area contributed by atoms with Crippen LogP contribution in [0.15, 0.2) is 18.3 Å². The lowest BCUT2D eigenvalue weighted by atomic mass is 10.2. The minimum atomic E-state index is 0.0790. The number of hydrogen-bond acceptors (Lipinski definition) is 4. The van der Waals surface area contributed by atoms with Crippen LogP contribution in [0.1, 0.15) is 32.8 Å². The maximum atomic E-state index is 7.65. The van der Waals surface area contributed by atoms with Gasteiger partial charge in [-0.3, -0.25) is 5.41 Å². The Bertz CT molecular complexity index is 414. The van der Waals surface area contributed by atoms with Crippen LogP contribution in [0.25, 0.3) is 0 Å². The van der Waals surface area contributed by atoms with Gasteiger partial charge in [0.05, 0.1) is 5.56 Å². The lowest BCUT2D eigenvalue weighted by molar-refractivity contribution is 0.300. The van der Waals surface area contributed by atoms with Gasteiger partial charge in [0.1, 0.15) is 11.7 Å². The third-order valence-corrected chi connectivity index (χ3v) is 3.55. The largest absolute Gasteiger partial charge is 0.384 e. The third kappa shape index (κ3) is 4.49. The van der Waals surface area contributed by atoms with E-state index in [0.29, 0.717) is 0 Å². The van der Waals surface area contributed by atoms with Gasteiger partial charge in [-0.25, -0.2) is 4.98 Å².